The summed E-state index contributed by atoms with van der Waals surface area (Å²) in [4.78, 5) is 25.2. The first-order valence-electron chi connectivity index (χ1n) is 9.45. The second kappa shape index (κ2) is 10.3. The molecule has 1 heterocycles. The van der Waals surface area contributed by atoms with E-state index in [4.69, 9.17) is 0 Å². The Hall–Kier alpha value is -2.05. The molecule has 1 aromatic rings. The second-order valence-electron chi connectivity index (χ2n) is 7.08. The van der Waals surface area contributed by atoms with E-state index in [2.05, 4.69) is 27.3 Å². The summed E-state index contributed by atoms with van der Waals surface area (Å²) in [5, 5.41) is 12.1. The van der Waals surface area contributed by atoms with Crippen LogP contribution in [0.4, 0.5) is 4.79 Å². The molecular formula is C20H29ClN4O2. The van der Waals surface area contributed by atoms with E-state index in [-0.39, 0.29) is 24.3 Å². The lowest BCUT2D eigenvalue weighted by Gasteiger charge is -2.29. The molecule has 1 aliphatic heterocycles. The lowest BCUT2D eigenvalue weighted by Crippen LogP contribution is -2.59. The van der Waals surface area contributed by atoms with Crippen molar-refractivity contribution in [1.29, 1.82) is 0 Å². The fraction of sp³-hybridized carbons (Fsp3) is 0.500. The Morgan fingerprint density at radius 3 is 2.44 bits per heavy atom. The van der Waals surface area contributed by atoms with Crippen molar-refractivity contribution in [3.63, 3.8) is 0 Å². The minimum absolute atomic E-state index is 0. The molecule has 0 saturated heterocycles. The standard InChI is InChI=1S/C20H28N4O2.ClH/c25-18(22-14-17-8-12-21-13-9-17)20(10-4-5-11-20)24-19(26)23-15-16-6-2-1-3-7-16;/h1-3,6-8,21H,4-5,9-15H2,(H,22,25)(H2,23,24,26);1H. The van der Waals surface area contributed by atoms with Crippen LogP contribution in [0.25, 0.3) is 0 Å². The molecule has 27 heavy (non-hydrogen) atoms. The Bertz CT molecular complexity index is 657. The number of rotatable bonds is 6. The van der Waals surface area contributed by atoms with E-state index in [1.165, 1.54) is 5.57 Å². The molecule has 1 saturated carbocycles. The molecule has 3 amide bonds. The average Bonchev–Trinajstić information content (AvgIpc) is 3.16. The zero-order valence-electron chi connectivity index (χ0n) is 15.6. The van der Waals surface area contributed by atoms with Crippen LogP contribution in [-0.4, -0.2) is 37.1 Å². The van der Waals surface area contributed by atoms with E-state index >= 15 is 0 Å². The van der Waals surface area contributed by atoms with Crippen LogP contribution in [-0.2, 0) is 11.3 Å². The van der Waals surface area contributed by atoms with Crippen molar-refractivity contribution in [2.45, 2.75) is 44.2 Å². The highest BCUT2D eigenvalue weighted by Gasteiger charge is 2.42. The van der Waals surface area contributed by atoms with Gasteiger partial charge in [0.15, 0.2) is 0 Å². The molecule has 0 radical (unpaired) electrons. The highest BCUT2D eigenvalue weighted by Crippen LogP contribution is 2.30. The number of carbonyl (C=O) groups excluding carboxylic acids is 2. The molecule has 1 aromatic carbocycles. The molecule has 1 fully saturated rings. The van der Waals surface area contributed by atoms with Gasteiger partial charge in [-0.25, -0.2) is 4.79 Å². The molecule has 2 aliphatic rings. The molecule has 7 heteroatoms. The number of benzene rings is 1. The Kier molecular flexibility index (Phi) is 8.13. The molecule has 3 rings (SSSR count). The predicted molar refractivity (Wildman–Crippen MR) is 109 cm³/mol. The van der Waals surface area contributed by atoms with E-state index in [1.54, 1.807) is 0 Å². The summed E-state index contributed by atoms with van der Waals surface area (Å²) in [7, 11) is 0. The fourth-order valence-electron chi connectivity index (χ4n) is 3.62. The van der Waals surface area contributed by atoms with Crippen molar-refractivity contribution in [3.8, 4) is 0 Å². The molecule has 6 nitrogen and oxygen atoms in total. The van der Waals surface area contributed by atoms with E-state index < -0.39 is 5.54 Å². The van der Waals surface area contributed by atoms with Crippen molar-refractivity contribution < 1.29 is 9.59 Å². The first-order chi connectivity index (χ1) is 12.7. The number of carbonyl (C=O) groups is 2. The third-order valence-electron chi connectivity index (χ3n) is 5.17. The van der Waals surface area contributed by atoms with Crippen molar-refractivity contribution in [3.05, 3.63) is 47.5 Å². The maximum absolute atomic E-state index is 12.8. The van der Waals surface area contributed by atoms with Gasteiger partial charge in [0.2, 0.25) is 5.91 Å². The van der Waals surface area contributed by atoms with Crippen LogP contribution >= 0.6 is 12.4 Å². The van der Waals surface area contributed by atoms with Crippen LogP contribution in [0.2, 0.25) is 0 Å². The van der Waals surface area contributed by atoms with Gasteiger partial charge in [-0.3, -0.25) is 4.79 Å². The highest BCUT2D eigenvalue weighted by molar-refractivity contribution is 5.91. The van der Waals surface area contributed by atoms with Crippen molar-refractivity contribution in [2.75, 3.05) is 19.6 Å². The Morgan fingerprint density at radius 1 is 1.04 bits per heavy atom. The van der Waals surface area contributed by atoms with Gasteiger partial charge >= 0.3 is 6.03 Å². The summed E-state index contributed by atoms with van der Waals surface area (Å²) < 4.78 is 0. The smallest absolute Gasteiger partial charge is 0.315 e. The minimum atomic E-state index is -0.783. The van der Waals surface area contributed by atoms with Gasteiger partial charge in [-0.2, -0.15) is 0 Å². The first kappa shape index (κ1) is 21.3. The van der Waals surface area contributed by atoms with Crippen LogP contribution in [0.15, 0.2) is 42.0 Å². The summed E-state index contributed by atoms with van der Waals surface area (Å²) in [5.74, 6) is -0.0655. The van der Waals surface area contributed by atoms with Crippen LogP contribution < -0.4 is 21.3 Å². The molecule has 0 aromatic heterocycles. The first-order valence-corrected chi connectivity index (χ1v) is 9.45. The summed E-state index contributed by atoms with van der Waals surface area (Å²) >= 11 is 0. The lowest BCUT2D eigenvalue weighted by molar-refractivity contribution is -0.126. The van der Waals surface area contributed by atoms with Crippen molar-refractivity contribution >= 4 is 24.3 Å². The molecule has 1 aliphatic carbocycles. The normalized spacial score (nSPS) is 18.0. The van der Waals surface area contributed by atoms with Crippen molar-refractivity contribution in [1.82, 2.24) is 21.3 Å². The summed E-state index contributed by atoms with van der Waals surface area (Å²) in [6, 6.07) is 9.47. The van der Waals surface area contributed by atoms with Gasteiger partial charge in [-0.05, 0) is 31.4 Å². The monoisotopic (exact) mass is 392 g/mol. The van der Waals surface area contributed by atoms with Gasteiger partial charge in [-0.1, -0.05) is 54.8 Å². The summed E-state index contributed by atoms with van der Waals surface area (Å²) in [6.07, 6.45) is 6.39. The number of hydrogen-bond acceptors (Lipinski definition) is 3. The third kappa shape index (κ3) is 5.97. The number of urea groups is 1. The topological polar surface area (TPSA) is 82.3 Å². The van der Waals surface area contributed by atoms with Gasteiger partial charge in [-0.15, -0.1) is 12.4 Å². The predicted octanol–water partition coefficient (Wildman–Crippen LogP) is 2.26. The van der Waals surface area contributed by atoms with Crippen LogP contribution in [0.1, 0.15) is 37.7 Å². The Morgan fingerprint density at radius 2 is 1.78 bits per heavy atom. The molecule has 0 bridgehead atoms. The van der Waals surface area contributed by atoms with Gasteiger partial charge in [0, 0.05) is 19.6 Å². The molecule has 0 spiro atoms. The fourth-order valence-corrected chi connectivity index (χ4v) is 3.62. The highest BCUT2D eigenvalue weighted by atomic mass is 35.5. The number of amides is 3. The summed E-state index contributed by atoms with van der Waals surface area (Å²) in [5.41, 5.74) is 1.50. The molecule has 148 valence electrons. The molecular weight excluding hydrogens is 364 g/mol. The average molecular weight is 393 g/mol. The van der Waals surface area contributed by atoms with Crippen molar-refractivity contribution in [2.24, 2.45) is 0 Å². The van der Waals surface area contributed by atoms with E-state index in [1.807, 2.05) is 30.3 Å². The van der Waals surface area contributed by atoms with Crippen LogP contribution in [0.3, 0.4) is 0 Å². The minimum Gasteiger partial charge on any atom is -0.350 e. The summed E-state index contributed by atoms with van der Waals surface area (Å²) in [6.45, 7) is 2.82. The Balaban J connectivity index is 0.00000261. The maximum atomic E-state index is 12.8. The largest absolute Gasteiger partial charge is 0.350 e. The molecule has 4 N–H and O–H groups in total. The zero-order valence-corrected chi connectivity index (χ0v) is 16.4. The lowest BCUT2D eigenvalue weighted by atomic mass is 9.96. The van der Waals surface area contributed by atoms with Gasteiger partial charge in [0.25, 0.3) is 0 Å². The van der Waals surface area contributed by atoms with E-state index in [0.29, 0.717) is 25.9 Å². The Labute approximate surface area is 167 Å². The zero-order chi connectivity index (χ0) is 18.2. The number of nitrogens with one attached hydrogen (secondary N) is 4. The van der Waals surface area contributed by atoms with Crippen LogP contribution in [0.5, 0.6) is 0 Å². The third-order valence-corrected chi connectivity index (χ3v) is 5.17. The number of hydrogen-bond donors (Lipinski definition) is 4. The van der Waals surface area contributed by atoms with E-state index in [0.717, 1.165) is 37.9 Å². The van der Waals surface area contributed by atoms with Gasteiger partial charge in [0.1, 0.15) is 5.54 Å². The van der Waals surface area contributed by atoms with Gasteiger partial charge < -0.3 is 21.3 Å². The van der Waals surface area contributed by atoms with Crippen LogP contribution in [0, 0.1) is 0 Å². The SMILES string of the molecule is Cl.O=C(NCc1ccccc1)NC1(C(=O)NCC2=CCNCC2)CCCC1. The number of halogens is 1. The maximum Gasteiger partial charge on any atom is 0.315 e. The molecule has 0 atom stereocenters. The molecule has 0 unspecified atom stereocenters. The second-order valence-corrected chi connectivity index (χ2v) is 7.08. The van der Waals surface area contributed by atoms with Gasteiger partial charge in [0.05, 0.1) is 0 Å². The van der Waals surface area contributed by atoms with E-state index in [9.17, 15) is 9.59 Å². The quantitative estimate of drug-likeness (QED) is 0.560.